The third-order valence-electron chi connectivity index (χ3n) is 3.80. The highest BCUT2D eigenvalue weighted by Gasteiger charge is 2.37. The van der Waals surface area contributed by atoms with E-state index in [2.05, 4.69) is 15.3 Å². The Morgan fingerprint density at radius 2 is 1.40 bits per heavy atom. The van der Waals surface area contributed by atoms with Gasteiger partial charge in [-0.1, -0.05) is 30.3 Å². The van der Waals surface area contributed by atoms with Crippen LogP contribution in [0.3, 0.4) is 0 Å². The Bertz CT molecular complexity index is 1020. The van der Waals surface area contributed by atoms with Gasteiger partial charge in [-0.15, -0.1) is 0 Å². The van der Waals surface area contributed by atoms with Gasteiger partial charge in [0.05, 0.1) is 16.8 Å². The average Bonchev–Trinajstić information content (AvgIpc) is 2.67. The number of halogens is 6. The van der Waals surface area contributed by atoms with Gasteiger partial charge in [0.1, 0.15) is 0 Å². The van der Waals surface area contributed by atoms with E-state index in [0.717, 1.165) is 5.56 Å². The van der Waals surface area contributed by atoms with Gasteiger partial charge in [-0.3, -0.25) is 5.32 Å². The lowest BCUT2D eigenvalue weighted by molar-refractivity contribution is -0.143. The van der Waals surface area contributed by atoms with E-state index in [4.69, 9.17) is 0 Å². The number of nitrogens with zero attached hydrogens (tertiary/aromatic N) is 2. The number of carbonyl (C=O) groups excluding carboxylic acids is 1. The normalized spacial score (nSPS) is 11.8. The lowest BCUT2D eigenvalue weighted by atomic mass is 10.1. The zero-order valence-corrected chi connectivity index (χ0v) is 14.8. The van der Waals surface area contributed by atoms with Crippen LogP contribution in [0.2, 0.25) is 0 Å². The molecule has 0 unspecified atom stereocenters. The minimum atomic E-state index is -5.03. The molecule has 0 aliphatic heterocycles. The van der Waals surface area contributed by atoms with Gasteiger partial charge < -0.3 is 5.32 Å². The van der Waals surface area contributed by atoms with Crippen molar-refractivity contribution in [2.75, 3.05) is 10.6 Å². The molecular weight excluding hydrogens is 414 g/mol. The number of anilines is 2. The monoisotopic (exact) mass is 426 g/mol. The molecular formula is C19H12F6N4O. The first-order valence-electron chi connectivity index (χ1n) is 8.28. The van der Waals surface area contributed by atoms with Gasteiger partial charge in [-0.05, 0) is 24.3 Å². The maximum absolute atomic E-state index is 12.9. The van der Waals surface area contributed by atoms with Gasteiger partial charge in [-0.2, -0.15) is 26.3 Å². The molecule has 30 heavy (non-hydrogen) atoms. The highest BCUT2D eigenvalue weighted by Crippen LogP contribution is 2.37. The van der Waals surface area contributed by atoms with E-state index in [9.17, 15) is 31.1 Å². The third-order valence-corrected chi connectivity index (χ3v) is 3.80. The molecule has 11 heteroatoms. The Labute approximate surface area is 165 Å². The first kappa shape index (κ1) is 21.1. The standard InChI is InChI=1S/C19H12F6N4O/c20-18(21,22)12-8-13(19(23,24)25)10-14(9-12)27-17(30)29-16-26-7-6-15(28-16)11-4-2-1-3-5-11/h1-10H,(H2,26,27,28,29,30). The molecule has 0 fully saturated rings. The van der Waals surface area contributed by atoms with Crippen LogP contribution in [-0.4, -0.2) is 16.0 Å². The second kappa shape index (κ2) is 8.01. The fourth-order valence-electron chi connectivity index (χ4n) is 2.48. The van der Waals surface area contributed by atoms with E-state index in [1.165, 1.54) is 6.20 Å². The van der Waals surface area contributed by atoms with Gasteiger partial charge in [0, 0.05) is 17.4 Å². The Balaban J connectivity index is 1.81. The van der Waals surface area contributed by atoms with E-state index >= 15 is 0 Å². The van der Waals surface area contributed by atoms with Crippen molar-refractivity contribution in [3.8, 4) is 11.3 Å². The minimum Gasteiger partial charge on any atom is -0.308 e. The summed E-state index contributed by atoms with van der Waals surface area (Å²) in [6, 6.07) is 10.1. The number of rotatable bonds is 3. The molecule has 0 atom stereocenters. The summed E-state index contributed by atoms with van der Waals surface area (Å²) in [6.07, 6.45) is -8.71. The SMILES string of the molecule is O=C(Nc1cc(C(F)(F)F)cc(C(F)(F)F)c1)Nc1nccc(-c2ccccc2)n1. The number of carbonyl (C=O) groups is 1. The summed E-state index contributed by atoms with van der Waals surface area (Å²) >= 11 is 0. The first-order chi connectivity index (χ1) is 14.0. The van der Waals surface area contributed by atoms with E-state index in [1.54, 1.807) is 36.4 Å². The molecule has 0 radical (unpaired) electrons. The largest absolute Gasteiger partial charge is 0.416 e. The van der Waals surface area contributed by atoms with Crippen molar-refractivity contribution < 1.29 is 31.1 Å². The van der Waals surface area contributed by atoms with E-state index < -0.39 is 35.2 Å². The quantitative estimate of drug-likeness (QED) is 0.519. The van der Waals surface area contributed by atoms with Crippen molar-refractivity contribution in [1.82, 2.24) is 9.97 Å². The number of amides is 2. The summed E-state index contributed by atoms with van der Waals surface area (Å²) in [5, 5.41) is 4.13. The molecule has 0 aliphatic carbocycles. The van der Waals surface area contributed by atoms with Crippen LogP contribution in [0.15, 0.2) is 60.8 Å². The van der Waals surface area contributed by atoms with Gasteiger partial charge >= 0.3 is 18.4 Å². The van der Waals surface area contributed by atoms with Gasteiger partial charge in [-0.25, -0.2) is 14.8 Å². The second-order valence-electron chi connectivity index (χ2n) is 6.01. The summed E-state index contributed by atoms with van der Waals surface area (Å²) in [6.45, 7) is 0. The molecule has 2 amide bonds. The van der Waals surface area contributed by atoms with E-state index in [0.29, 0.717) is 17.8 Å². The molecule has 0 bridgehead atoms. The van der Waals surface area contributed by atoms with Gasteiger partial charge in [0.2, 0.25) is 5.95 Å². The van der Waals surface area contributed by atoms with Crippen LogP contribution in [0.25, 0.3) is 11.3 Å². The van der Waals surface area contributed by atoms with Crippen LogP contribution in [-0.2, 0) is 12.4 Å². The molecule has 0 spiro atoms. The first-order valence-corrected chi connectivity index (χ1v) is 8.28. The Morgan fingerprint density at radius 3 is 1.97 bits per heavy atom. The molecule has 2 N–H and O–H groups in total. The van der Waals surface area contributed by atoms with Crippen LogP contribution in [0.4, 0.5) is 42.8 Å². The molecule has 0 saturated heterocycles. The maximum Gasteiger partial charge on any atom is 0.416 e. The number of aromatic nitrogens is 2. The number of alkyl halides is 6. The van der Waals surface area contributed by atoms with Crippen molar-refractivity contribution in [1.29, 1.82) is 0 Å². The molecule has 3 rings (SSSR count). The minimum absolute atomic E-state index is 0.0322. The molecule has 5 nitrogen and oxygen atoms in total. The summed E-state index contributed by atoms with van der Waals surface area (Å²) in [5.41, 5.74) is -2.60. The molecule has 2 aromatic carbocycles. The Hall–Kier alpha value is -3.63. The number of hydrogen-bond donors (Lipinski definition) is 2. The molecule has 0 aliphatic rings. The average molecular weight is 426 g/mol. The van der Waals surface area contributed by atoms with Crippen LogP contribution in [0.1, 0.15) is 11.1 Å². The summed E-state index contributed by atoms with van der Waals surface area (Å²) in [4.78, 5) is 20.0. The molecule has 1 heterocycles. The van der Waals surface area contributed by atoms with Crippen LogP contribution in [0, 0.1) is 0 Å². The molecule has 1 aromatic heterocycles. The highest BCUT2D eigenvalue weighted by atomic mass is 19.4. The summed E-state index contributed by atoms with van der Waals surface area (Å²) in [5.74, 6) is -0.183. The topological polar surface area (TPSA) is 66.9 Å². The number of urea groups is 1. The summed E-state index contributed by atoms with van der Waals surface area (Å²) < 4.78 is 77.5. The van der Waals surface area contributed by atoms with Crippen molar-refractivity contribution in [3.63, 3.8) is 0 Å². The summed E-state index contributed by atoms with van der Waals surface area (Å²) in [7, 11) is 0. The highest BCUT2D eigenvalue weighted by molar-refractivity contribution is 5.98. The number of nitrogens with one attached hydrogen (secondary N) is 2. The lowest BCUT2D eigenvalue weighted by Gasteiger charge is -2.15. The van der Waals surface area contributed by atoms with Crippen LogP contribution < -0.4 is 10.6 Å². The third kappa shape index (κ3) is 5.25. The predicted octanol–water partition coefficient (Wildman–Crippen LogP) is 5.83. The van der Waals surface area contributed by atoms with Crippen molar-refractivity contribution in [2.24, 2.45) is 0 Å². The van der Waals surface area contributed by atoms with Gasteiger partial charge in [0.15, 0.2) is 0 Å². The fraction of sp³-hybridized carbons (Fsp3) is 0.105. The van der Waals surface area contributed by atoms with Gasteiger partial charge in [0.25, 0.3) is 0 Å². The number of hydrogen-bond acceptors (Lipinski definition) is 3. The van der Waals surface area contributed by atoms with E-state index in [-0.39, 0.29) is 12.0 Å². The van der Waals surface area contributed by atoms with Crippen molar-refractivity contribution in [3.05, 3.63) is 71.9 Å². The van der Waals surface area contributed by atoms with Crippen LogP contribution in [0.5, 0.6) is 0 Å². The molecule has 0 saturated carbocycles. The fourth-order valence-corrected chi connectivity index (χ4v) is 2.48. The zero-order chi connectivity index (χ0) is 21.9. The molecule has 156 valence electrons. The second-order valence-corrected chi connectivity index (χ2v) is 6.01. The maximum atomic E-state index is 12.9. The van der Waals surface area contributed by atoms with Crippen molar-refractivity contribution in [2.45, 2.75) is 12.4 Å². The number of benzene rings is 2. The Kier molecular flexibility index (Phi) is 5.63. The van der Waals surface area contributed by atoms with E-state index in [1.807, 2.05) is 5.32 Å². The lowest BCUT2D eigenvalue weighted by Crippen LogP contribution is -2.22. The van der Waals surface area contributed by atoms with Crippen LogP contribution >= 0.6 is 0 Å². The Morgan fingerprint density at radius 1 is 0.800 bits per heavy atom. The van der Waals surface area contributed by atoms with Crippen molar-refractivity contribution >= 4 is 17.7 Å². The predicted molar refractivity (Wildman–Crippen MR) is 96.6 cm³/mol. The smallest absolute Gasteiger partial charge is 0.308 e. The molecule has 3 aromatic rings. The zero-order valence-electron chi connectivity index (χ0n) is 14.8.